The predicted molar refractivity (Wildman–Crippen MR) is 261 cm³/mol. The Bertz CT molecular complexity index is 1560. The molecule has 5 unspecified atom stereocenters. The fourth-order valence-electron chi connectivity index (χ4n) is 7.21. The Balaban J connectivity index is 2.61. The predicted octanol–water partition coefficient (Wildman–Crippen LogP) is 8.81. The Kier molecular flexibility index (Phi) is 36.8. The molecule has 1 rings (SSSR count). The number of aliphatic hydroxyl groups is 5. The van der Waals surface area contributed by atoms with Gasteiger partial charge in [-0.05, 0) is 90.4 Å². The van der Waals surface area contributed by atoms with E-state index in [9.17, 15) is 58.9 Å². The average molecular weight is 1010 g/mol. The number of hydrogen-bond donors (Lipinski definition) is 8. The van der Waals surface area contributed by atoms with Crippen molar-refractivity contribution in [1.29, 1.82) is 0 Å². The minimum Gasteiger partial charge on any atom is -0.462 e. The molecule has 0 spiro atoms. The highest BCUT2D eigenvalue weighted by Crippen LogP contribution is 2.49. The highest BCUT2D eigenvalue weighted by molar-refractivity contribution is 7.47. The van der Waals surface area contributed by atoms with E-state index in [-0.39, 0.29) is 18.9 Å². The first-order chi connectivity index (χ1) is 32.5. The Morgan fingerprint density at radius 3 is 1.50 bits per heavy atom. The summed E-state index contributed by atoms with van der Waals surface area (Å²) < 4.78 is 49.3. The first kappa shape index (κ1) is 63.7. The lowest BCUT2D eigenvalue weighted by Crippen LogP contribution is -2.64. The van der Waals surface area contributed by atoms with Gasteiger partial charge in [0.2, 0.25) is 0 Å². The molecule has 68 heavy (non-hydrogen) atoms. The Labute approximate surface area is 405 Å². The van der Waals surface area contributed by atoms with Crippen LogP contribution in [0.15, 0.2) is 60.8 Å². The van der Waals surface area contributed by atoms with Gasteiger partial charge in [-0.2, -0.15) is 0 Å². The van der Waals surface area contributed by atoms with Crippen molar-refractivity contribution in [2.45, 2.75) is 223 Å². The van der Waals surface area contributed by atoms with Gasteiger partial charge in [0.15, 0.2) is 6.10 Å². The monoisotopic (exact) mass is 1010 g/mol. The zero-order valence-corrected chi connectivity index (χ0v) is 42.4. The first-order valence-electron chi connectivity index (χ1n) is 24.9. The number of phosphoric acid groups is 2. The lowest BCUT2D eigenvalue weighted by atomic mass is 9.85. The van der Waals surface area contributed by atoms with Crippen LogP contribution >= 0.6 is 15.6 Å². The number of hydrogen-bond acceptors (Lipinski definition) is 14. The molecule has 17 nitrogen and oxygen atoms in total. The van der Waals surface area contributed by atoms with Gasteiger partial charge >= 0.3 is 27.6 Å². The molecule has 0 heterocycles. The third kappa shape index (κ3) is 34.1. The molecule has 394 valence electrons. The summed E-state index contributed by atoms with van der Waals surface area (Å²) >= 11 is 0. The number of allylic oxidation sites excluding steroid dienone is 10. The molecule has 0 aliphatic heterocycles. The number of aliphatic hydroxyl groups excluding tert-OH is 5. The van der Waals surface area contributed by atoms with Crippen molar-refractivity contribution in [2.75, 3.05) is 13.2 Å². The van der Waals surface area contributed by atoms with Crippen LogP contribution in [0.1, 0.15) is 174 Å². The van der Waals surface area contributed by atoms with Gasteiger partial charge in [-0.3, -0.25) is 23.2 Å². The number of phosphoric ester groups is 2. The minimum atomic E-state index is -5.38. The van der Waals surface area contributed by atoms with Crippen LogP contribution in [0.2, 0.25) is 0 Å². The lowest BCUT2D eigenvalue weighted by molar-refractivity contribution is -0.216. The number of unbranched alkanes of at least 4 members (excludes halogenated alkanes) is 15. The van der Waals surface area contributed by atoms with E-state index in [0.717, 1.165) is 83.5 Å². The van der Waals surface area contributed by atoms with E-state index in [1.165, 1.54) is 38.5 Å². The third-order valence-electron chi connectivity index (χ3n) is 11.1. The van der Waals surface area contributed by atoms with Crippen molar-refractivity contribution >= 4 is 27.6 Å². The Morgan fingerprint density at radius 2 is 0.971 bits per heavy atom. The summed E-state index contributed by atoms with van der Waals surface area (Å²) in [5, 5.41) is 50.6. The van der Waals surface area contributed by atoms with Gasteiger partial charge in [0.05, 0.1) is 12.7 Å². The molecule has 0 bridgehead atoms. The van der Waals surface area contributed by atoms with E-state index in [0.29, 0.717) is 25.7 Å². The van der Waals surface area contributed by atoms with E-state index in [1.807, 2.05) is 18.2 Å². The number of rotatable bonds is 41. The zero-order chi connectivity index (χ0) is 50.5. The lowest BCUT2D eigenvalue weighted by Gasteiger charge is -2.43. The summed E-state index contributed by atoms with van der Waals surface area (Å²) in [4.78, 5) is 54.3. The molecule has 9 atom stereocenters. The molecule has 0 amide bonds. The maximum atomic E-state index is 13.0. The molecule has 0 aromatic carbocycles. The molecule has 1 saturated carbocycles. The van der Waals surface area contributed by atoms with E-state index < -0.39 is 83.5 Å². The van der Waals surface area contributed by atoms with Gasteiger partial charge in [-0.25, -0.2) is 9.13 Å². The number of carbonyl (C=O) groups excluding carboxylic acids is 2. The van der Waals surface area contributed by atoms with Crippen LogP contribution in [0.25, 0.3) is 0 Å². The first-order valence-corrected chi connectivity index (χ1v) is 27.9. The summed E-state index contributed by atoms with van der Waals surface area (Å²) in [5.74, 6) is -1.29. The fourth-order valence-corrected chi connectivity index (χ4v) is 8.75. The van der Waals surface area contributed by atoms with Crippen molar-refractivity contribution < 1.29 is 82.0 Å². The van der Waals surface area contributed by atoms with Crippen molar-refractivity contribution in [3.8, 4) is 0 Å². The number of ether oxygens (including phenoxy) is 2. The second kappa shape index (κ2) is 39.3. The van der Waals surface area contributed by atoms with E-state index in [1.54, 1.807) is 6.92 Å². The smallest absolute Gasteiger partial charge is 0.462 e. The quantitative estimate of drug-likeness (QED) is 0.0123. The van der Waals surface area contributed by atoms with Crippen LogP contribution in [-0.2, 0) is 41.8 Å². The Hall–Kier alpha value is -2.34. The van der Waals surface area contributed by atoms with Crippen LogP contribution in [0.3, 0.4) is 0 Å². The number of carbonyl (C=O) groups is 2. The summed E-state index contributed by atoms with van der Waals surface area (Å²) in [6, 6.07) is 0. The highest BCUT2D eigenvalue weighted by Gasteiger charge is 2.54. The van der Waals surface area contributed by atoms with Crippen LogP contribution in [0.4, 0.5) is 0 Å². The molecule has 19 heteroatoms. The largest absolute Gasteiger partial charge is 0.472 e. The topological polar surface area (TPSA) is 276 Å². The van der Waals surface area contributed by atoms with E-state index >= 15 is 0 Å². The zero-order valence-electron chi connectivity index (χ0n) is 40.6. The van der Waals surface area contributed by atoms with Crippen LogP contribution in [0, 0.1) is 0 Å². The van der Waals surface area contributed by atoms with Crippen molar-refractivity contribution in [3.05, 3.63) is 60.8 Å². The average Bonchev–Trinajstić information content (AvgIpc) is 3.28. The molecule has 0 saturated heterocycles. The molecule has 0 aromatic rings. The van der Waals surface area contributed by atoms with Gasteiger partial charge in [0.1, 0.15) is 43.2 Å². The second-order valence-corrected chi connectivity index (χ2v) is 20.1. The summed E-state index contributed by atoms with van der Waals surface area (Å²) in [6.45, 7) is 2.61. The molecular formula is C49H86O17P2. The fraction of sp³-hybridized carbons (Fsp3) is 0.755. The molecule has 1 aliphatic rings. The van der Waals surface area contributed by atoms with Gasteiger partial charge < -0.3 is 49.7 Å². The maximum absolute atomic E-state index is 13.0. The van der Waals surface area contributed by atoms with Crippen LogP contribution in [0.5, 0.6) is 0 Å². The minimum absolute atomic E-state index is 0.0463. The van der Waals surface area contributed by atoms with Gasteiger partial charge in [0.25, 0.3) is 0 Å². The van der Waals surface area contributed by atoms with Gasteiger partial charge in [-0.1, -0.05) is 132 Å². The standard InChI is InChI=1S/C49H86O17P2/c1-3-4-5-6-7-8-9-10-11-12-15-18-21-24-27-30-33-36-42(51)62-38-41(39-63-68(60,61)66-49-46(55)44(53)45(54)48(47(49)56)65-67(57,58)59)64-43(52)37-34-31-28-25-22-19-16-13-14-17-20-23-26-29-32-35-40(2)50/h10-11,14,16-17,19,23,25-26,28,40-41,44-50,53-56H,3-9,12-13,15,18,20-22,24,27,29-39H2,1-2H3,(H,60,61)(H2,57,58,59)/b11-10-,17-14-,19-16-,26-23-,28-25-/t40-,41+,44?,45?,46?,47?,48+,49-/m0/s1. The summed E-state index contributed by atoms with van der Waals surface area (Å²) in [7, 11) is -10.7. The van der Waals surface area contributed by atoms with Crippen molar-refractivity contribution in [2.24, 2.45) is 0 Å². The Morgan fingerprint density at radius 1 is 0.529 bits per heavy atom. The van der Waals surface area contributed by atoms with Crippen molar-refractivity contribution in [3.63, 3.8) is 0 Å². The molecule has 8 N–H and O–H groups in total. The molecular weight excluding hydrogens is 922 g/mol. The summed E-state index contributed by atoms with van der Waals surface area (Å²) in [6.07, 6.45) is 28.8. The third-order valence-corrected chi connectivity index (χ3v) is 12.6. The molecule has 1 fully saturated rings. The number of esters is 2. The maximum Gasteiger partial charge on any atom is 0.472 e. The molecule has 0 radical (unpaired) electrons. The highest BCUT2D eigenvalue weighted by atomic mass is 31.2. The second-order valence-electron chi connectivity index (χ2n) is 17.5. The molecule has 1 aliphatic carbocycles. The van der Waals surface area contributed by atoms with Gasteiger partial charge in [0, 0.05) is 12.8 Å². The van der Waals surface area contributed by atoms with E-state index in [4.69, 9.17) is 18.5 Å². The summed E-state index contributed by atoms with van der Waals surface area (Å²) in [5.41, 5.74) is 0. The van der Waals surface area contributed by atoms with Crippen LogP contribution in [-0.4, -0.2) is 114 Å². The van der Waals surface area contributed by atoms with Gasteiger partial charge in [-0.15, -0.1) is 0 Å². The van der Waals surface area contributed by atoms with Crippen LogP contribution < -0.4 is 0 Å². The molecule has 0 aromatic heterocycles. The SMILES string of the molecule is CCCCCCCC/C=C\CCCCCCCCCC(=O)OC[C@H](COP(=O)(O)O[C@H]1C(O)C(O)C(O)[C@@H](OP(=O)(O)O)C1O)OC(=O)CCC/C=C\C/C=C\C/C=C\C/C=C\CCC[C@H](C)O. The normalized spacial score (nSPS) is 22.2. The van der Waals surface area contributed by atoms with E-state index in [2.05, 4.69) is 54.0 Å². The van der Waals surface area contributed by atoms with Crippen molar-refractivity contribution in [1.82, 2.24) is 0 Å².